The molecule has 0 spiro atoms. The molecule has 1 atom stereocenters. The van der Waals surface area contributed by atoms with Crippen LogP contribution in [0, 0.1) is 5.92 Å². The molecule has 0 bridgehead atoms. The maximum absolute atomic E-state index is 11.9. The van der Waals surface area contributed by atoms with Crippen LogP contribution in [0.1, 0.15) is 40.5 Å². The normalized spacial score (nSPS) is 20.5. The van der Waals surface area contributed by atoms with Gasteiger partial charge in [-0.2, -0.15) is 0 Å². The highest BCUT2D eigenvalue weighted by Crippen LogP contribution is 2.19. The first-order chi connectivity index (χ1) is 7.92. The van der Waals surface area contributed by atoms with Crippen molar-refractivity contribution in [1.29, 1.82) is 0 Å². The highest BCUT2D eigenvalue weighted by atomic mass is 16.6. The van der Waals surface area contributed by atoms with Gasteiger partial charge in [0.1, 0.15) is 5.60 Å². The molecule has 1 rings (SSSR count). The fourth-order valence-corrected chi connectivity index (χ4v) is 1.87. The lowest BCUT2D eigenvalue weighted by Gasteiger charge is -2.32. The van der Waals surface area contributed by atoms with E-state index in [0.717, 1.165) is 25.9 Å². The van der Waals surface area contributed by atoms with E-state index >= 15 is 0 Å². The van der Waals surface area contributed by atoms with Crippen molar-refractivity contribution in [1.82, 2.24) is 4.90 Å². The van der Waals surface area contributed by atoms with Gasteiger partial charge in [-0.05, 0) is 52.7 Å². The van der Waals surface area contributed by atoms with Crippen molar-refractivity contribution in [2.75, 3.05) is 13.1 Å². The Hall–Kier alpha value is -1.21. The maximum Gasteiger partial charge on any atom is 0.410 e. The fraction of sp³-hybridized carbons (Fsp3) is 0.714. The van der Waals surface area contributed by atoms with E-state index in [9.17, 15) is 4.79 Å². The molecule has 1 fully saturated rings. The summed E-state index contributed by atoms with van der Waals surface area (Å²) in [6.07, 6.45) is 5.91. The van der Waals surface area contributed by atoms with Gasteiger partial charge in [-0.25, -0.2) is 4.79 Å². The second-order valence-corrected chi connectivity index (χ2v) is 5.45. The van der Waals surface area contributed by atoms with E-state index in [1.54, 1.807) is 4.90 Å². The van der Waals surface area contributed by atoms with Crippen LogP contribution in [-0.2, 0) is 4.74 Å². The topological polar surface area (TPSA) is 29.5 Å². The van der Waals surface area contributed by atoms with Crippen LogP contribution in [0.3, 0.4) is 0 Å². The Labute approximate surface area is 104 Å². The number of ether oxygens (including phenoxy) is 1. The van der Waals surface area contributed by atoms with Crippen molar-refractivity contribution in [3.05, 3.63) is 17.9 Å². The first-order valence-corrected chi connectivity index (χ1v) is 6.27. The van der Waals surface area contributed by atoms with Gasteiger partial charge < -0.3 is 9.64 Å². The van der Waals surface area contributed by atoms with E-state index < -0.39 is 5.60 Å². The standard InChI is InChI=1S/C14H23NO2/c1-5-6-8-12-9-7-10-15(11-12)13(16)17-14(2,3)4/h5,8,12H,7,9-11H2,1-4H3/t6?,12-/m0/s1. The lowest BCUT2D eigenvalue weighted by Crippen LogP contribution is -2.42. The molecule has 0 aromatic carbocycles. The Balaban J connectivity index is 2.54. The summed E-state index contributed by atoms with van der Waals surface area (Å²) in [5, 5.41) is 0. The van der Waals surface area contributed by atoms with Gasteiger partial charge >= 0.3 is 6.09 Å². The molecule has 17 heavy (non-hydrogen) atoms. The molecule has 1 amide bonds. The van der Waals surface area contributed by atoms with Crippen molar-refractivity contribution in [2.24, 2.45) is 5.92 Å². The number of amides is 1. The summed E-state index contributed by atoms with van der Waals surface area (Å²) in [5.74, 6) is 0.410. The van der Waals surface area contributed by atoms with Crippen LogP contribution in [-0.4, -0.2) is 29.7 Å². The molecular weight excluding hydrogens is 214 g/mol. The van der Waals surface area contributed by atoms with Crippen molar-refractivity contribution in [2.45, 2.75) is 46.1 Å². The van der Waals surface area contributed by atoms with Crippen molar-refractivity contribution in [3.63, 3.8) is 0 Å². The largest absolute Gasteiger partial charge is 0.444 e. The fourth-order valence-electron chi connectivity index (χ4n) is 1.87. The predicted molar refractivity (Wildman–Crippen MR) is 68.9 cm³/mol. The zero-order valence-corrected chi connectivity index (χ0v) is 11.3. The summed E-state index contributed by atoms with van der Waals surface area (Å²) in [4.78, 5) is 13.7. The molecule has 3 heteroatoms. The summed E-state index contributed by atoms with van der Waals surface area (Å²) in [6.45, 7) is 9.18. The molecule has 0 unspecified atom stereocenters. The molecule has 1 saturated heterocycles. The molecular formula is C14H23NO2. The first kappa shape index (κ1) is 13.9. The van der Waals surface area contributed by atoms with Crippen LogP contribution in [0.5, 0.6) is 0 Å². The van der Waals surface area contributed by atoms with Gasteiger partial charge in [0.15, 0.2) is 0 Å². The van der Waals surface area contributed by atoms with E-state index in [0.29, 0.717) is 5.92 Å². The highest BCUT2D eigenvalue weighted by molar-refractivity contribution is 5.68. The van der Waals surface area contributed by atoms with E-state index in [2.05, 4.69) is 11.8 Å². The Morgan fingerprint density at radius 3 is 2.76 bits per heavy atom. The molecule has 0 radical (unpaired) electrons. The second kappa shape index (κ2) is 5.92. The number of hydrogen-bond donors (Lipinski definition) is 0. The molecule has 1 aliphatic rings. The Morgan fingerprint density at radius 1 is 1.47 bits per heavy atom. The number of nitrogens with zero attached hydrogens (tertiary/aromatic N) is 1. The van der Waals surface area contributed by atoms with Crippen LogP contribution in [0.15, 0.2) is 17.9 Å². The molecule has 0 aromatic heterocycles. The van der Waals surface area contributed by atoms with Crippen LogP contribution >= 0.6 is 0 Å². The minimum atomic E-state index is -0.414. The van der Waals surface area contributed by atoms with E-state index in [1.165, 1.54) is 0 Å². The van der Waals surface area contributed by atoms with Crippen LogP contribution in [0.2, 0.25) is 0 Å². The molecule has 1 aliphatic heterocycles. The lowest BCUT2D eigenvalue weighted by molar-refractivity contribution is 0.0187. The van der Waals surface area contributed by atoms with E-state index in [-0.39, 0.29) is 6.09 Å². The number of piperidine rings is 1. The third-order valence-corrected chi connectivity index (χ3v) is 2.61. The van der Waals surface area contributed by atoms with Crippen molar-refractivity contribution < 1.29 is 9.53 Å². The predicted octanol–water partition coefficient (Wildman–Crippen LogP) is 3.36. The zero-order chi connectivity index (χ0) is 12.9. The van der Waals surface area contributed by atoms with Crippen LogP contribution in [0.25, 0.3) is 0 Å². The summed E-state index contributed by atoms with van der Waals surface area (Å²) in [7, 11) is 0. The number of carbonyl (C=O) groups excluding carboxylic acids is 1. The van der Waals surface area contributed by atoms with Gasteiger partial charge in [0, 0.05) is 19.0 Å². The molecule has 0 aliphatic carbocycles. The Kier molecular flexibility index (Phi) is 4.83. The van der Waals surface area contributed by atoms with E-state index in [1.807, 2.05) is 33.8 Å². The molecule has 0 aromatic rings. The summed E-state index contributed by atoms with van der Waals surface area (Å²) in [6, 6.07) is 0. The first-order valence-electron chi connectivity index (χ1n) is 6.27. The number of rotatable bonds is 1. The number of carbonyl (C=O) groups is 1. The Bertz CT molecular complexity index is 322. The maximum atomic E-state index is 11.9. The smallest absolute Gasteiger partial charge is 0.410 e. The van der Waals surface area contributed by atoms with Gasteiger partial charge in [-0.3, -0.25) is 0 Å². The van der Waals surface area contributed by atoms with Gasteiger partial charge in [0.05, 0.1) is 0 Å². The van der Waals surface area contributed by atoms with E-state index in [4.69, 9.17) is 4.74 Å². The molecule has 0 saturated carbocycles. The van der Waals surface area contributed by atoms with Crippen LogP contribution < -0.4 is 0 Å². The SMILES string of the molecule is CC=C=C[C@H]1CCCN(C(=O)OC(C)(C)C)C1. The van der Waals surface area contributed by atoms with Gasteiger partial charge in [-0.1, -0.05) is 0 Å². The van der Waals surface area contributed by atoms with Gasteiger partial charge in [0.25, 0.3) is 0 Å². The number of likely N-dealkylation sites (tertiary alicyclic amines) is 1. The monoisotopic (exact) mass is 237 g/mol. The quantitative estimate of drug-likeness (QED) is 0.654. The second-order valence-electron chi connectivity index (χ2n) is 5.45. The minimum absolute atomic E-state index is 0.198. The average molecular weight is 237 g/mol. The lowest BCUT2D eigenvalue weighted by atomic mass is 9.98. The van der Waals surface area contributed by atoms with Crippen LogP contribution in [0.4, 0.5) is 4.79 Å². The molecule has 3 nitrogen and oxygen atoms in total. The third-order valence-electron chi connectivity index (χ3n) is 2.61. The molecule has 96 valence electrons. The average Bonchev–Trinajstić information content (AvgIpc) is 2.24. The number of hydrogen-bond acceptors (Lipinski definition) is 2. The van der Waals surface area contributed by atoms with Crippen molar-refractivity contribution in [3.8, 4) is 0 Å². The molecule has 0 N–H and O–H groups in total. The van der Waals surface area contributed by atoms with Gasteiger partial charge in [0.2, 0.25) is 0 Å². The highest BCUT2D eigenvalue weighted by Gasteiger charge is 2.26. The Morgan fingerprint density at radius 2 is 2.18 bits per heavy atom. The summed E-state index contributed by atoms with van der Waals surface area (Å²) < 4.78 is 5.37. The third kappa shape index (κ3) is 5.10. The summed E-state index contributed by atoms with van der Waals surface area (Å²) in [5.41, 5.74) is 2.68. The summed E-state index contributed by atoms with van der Waals surface area (Å²) >= 11 is 0. The zero-order valence-electron chi connectivity index (χ0n) is 11.3. The molecule has 1 heterocycles. The van der Waals surface area contributed by atoms with Gasteiger partial charge in [-0.15, -0.1) is 5.73 Å². The minimum Gasteiger partial charge on any atom is -0.444 e. The van der Waals surface area contributed by atoms with Crippen molar-refractivity contribution >= 4 is 6.09 Å².